The number of sulfone groups is 1. The minimum atomic E-state index is -2.79. The maximum absolute atomic E-state index is 11.8. The van der Waals surface area contributed by atoms with Gasteiger partial charge >= 0.3 is 0 Å². The smallest absolute Gasteiger partial charge is 0.150 e. The molecule has 0 aromatic carbocycles. The fourth-order valence-electron chi connectivity index (χ4n) is 3.28. The van der Waals surface area contributed by atoms with E-state index < -0.39 is 9.84 Å². The highest BCUT2D eigenvalue weighted by atomic mass is 32.2. The normalized spacial score (nSPS) is 28.5. The number of hydrogen-bond acceptors (Lipinski definition) is 3. The molecule has 2 atom stereocenters. The molecule has 0 aliphatic heterocycles. The molecule has 2 aliphatic carbocycles. The monoisotopic (exact) mass is 287 g/mol. The van der Waals surface area contributed by atoms with Crippen LogP contribution in [0.15, 0.2) is 0 Å². The third-order valence-electron chi connectivity index (χ3n) is 4.63. The maximum Gasteiger partial charge on any atom is 0.150 e. The Labute approximate surface area is 118 Å². The van der Waals surface area contributed by atoms with Gasteiger partial charge in [0.05, 0.1) is 5.75 Å². The van der Waals surface area contributed by atoms with Crippen LogP contribution in [0.3, 0.4) is 0 Å². The molecule has 2 aliphatic rings. The van der Waals surface area contributed by atoms with Crippen LogP contribution < -0.4 is 5.32 Å². The molecule has 0 bridgehead atoms. The fraction of sp³-hybridized carbons (Fsp3) is 1.00. The quantitative estimate of drug-likeness (QED) is 0.746. The average Bonchev–Trinajstić information content (AvgIpc) is 3.19. The van der Waals surface area contributed by atoms with Gasteiger partial charge < -0.3 is 5.32 Å². The predicted molar refractivity (Wildman–Crippen MR) is 80.0 cm³/mol. The molecule has 0 heterocycles. The van der Waals surface area contributed by atoms with Crippen LogP contribution in [0.4, 0.5) is 0 Å². The van der Waals surface area contributed by atoms with Crippen molar-refractivity contribution >= 4 is 9.84 Å². The lowest BCUT2D eigenvalue weighted by molar-refractivity contribution is 0.224. The van der Waals surface area contributed by atoms with E-state index in [-0.39, 0.29) is 0 Å². The van der Waals surface area contributed by atoms with E-state index in [0.717, 1.165) is 25.4 Å². The van der Waals surface area contributed by atoms with E-state index in [2.05, 4.69) is 5.32 Å². The van der Waals surface area contributed by atoms with Crippen molar-refractivity contribution in [2.75, 3.05) is 18.1 Å². The topological polar surface area (TPSA) is 46.2 Å². The second kappa shape index (κ2) is 7.07. The zero-order valence-corrected chi connectivity index (χ0v) is 13.1. The summed E-state index contributed by atoms with van der Waals surface area (Å²) >= 11 is 0. The molecule has 3 nitrogen and oxygen atoms in total. The van der Waals surface area contributed by atoms with Gasteiger partial charge in [0.1, 0.15) is 9.84 Å². The molecule has 0 aromatic heterocycles. The van der Waals surface area contributed by atoms with Crippen molar-refractivity contribution in [3.05, 3.63) is 0 Å². The summed E-state index contributed by atoms with van der Waals surface area (Å²) in [6, 6.07) is 0.770. The van der Waals surface area contributed by atoms with Gasteiger partial charge in [0, 0.05) is 11.8 Å². The first-order valence-electron chi connectivity index (χ1n) is 8.04. The van der Waals surface area contributed by atoms with Gasteiger partial charge in [0.25, 0.3) is 0 Å². The van der Waals surface area contributed by atoms with Gasteiger partial charge in [-0.3, -0.25) is 0 Å². The van der Waals surface area contributed by atoms with Crippen LogP contribution in [0.2, 0.25) is 0 Å². The number of nitrogens with one attached hydrogen (secondary N) is 1. The molecule has 0 amide bonds. The summed E-state index contributed by atoms with van der Waals surface area (Å²) in [6.45, 7) is 3.06. The van der Waals surface area contributed by atoms with Gasteiger partial charge in [-0.2, -0.15) is 0 Å². The Balaban J connectivity index is 1.77. The maximum atomic E-state index is 11.8. The van der Waals surface area contributed by atoms with Crippen molar-refractivity contribution in [2.45, 2.75) is 64.3 Å². The fourth-order valence-corrected chi connectivity index (χ4v) is 4.77. The second-order valence-corrected chi connectivity index (χ2v) is 8.73. The van der Waals surface area contributed by atoms with E-state index in [1.807, 2.05) is 6.92 Å². The minimum Gasteiger partial charge on any atom is -0.314 e. The highest BCUT2D eigenvalue weighted by Gasteiger charge is 2.28. The van der Waals surface area contributed by atoms with Crippen molar-refractivity contribution in [3.63, 3.8) is 0 Å². The largest absolute Gasteiger partial charge is 0.314 e. The Kier molecular flexibility index (Phi) is 5.70. The molecular weight excluding hydrogens is 258 g/mol. The summed E-state index contributed by atoms with van der Waals surface area (Å²) in [4.78, 5) is 0. The Bertz CT molecular complexity index is 362. The standard InChI is InChI=1S/C15H29NO2S/c1-2-10-19(17,18)11-9-13-5-3-4-6-14(13)12-16-15-7-8-15/h13-16H,2-12H2,1H3. The molecular formula is C15H29NO2S. The summed E-state index contributed by atoms with van der Waals surface area (Å²) in [5, 5.41) is 3.63. The first kappa shape index (κ1) is 15.3. The van der Waals surface area contributed by atoms with Crippen molar-refractivity contribution in [2.24, 2.45) is 11.8 Å². The van der Waals surface area contributed by atoms with Gasteiger partial charge in [-0.15, -0.1) is 0 Å². The zero-order valence-electron chi connectivity index (χ0n) is 12.2. The lowest BCUT2D eigenvalue weighted by Gasteiger charge is -2.32. The number of hydrogen-bond donors (Lipinski definition) is 1. The molecule has 1 N–H and O–H groups in total. The van der Waals surface area contributed by atoms with E-state index in [0.29, 0.717) is 23.3 Å². The van der Waals surface area contributed by atoms with E-state index in [1.54, 1.807) is 0 Å². The summed E-state index contributed by atoms with van der Waals surface area (Å²) in [6.07, 6.45) is 9.45. The second-order valence-electron chi connectivity index (χ2n) is 6.43. The molecule has 0 spiro atoms. The first-order valence-corrected chi connectivity index (χ1v) is 9.86. The summed E-state index contributed by atoms with van der Waals surface area (Å²) in [5.74, 6) is 2.12. The molecule has 2 unspecified atom stereocenters. The summed E-state index contributed by atoms with van der Waals surface area (Å²) in [5.41, 5.74) is 0. The van der Waals surface area contributed by atoms with E-state index in [1.165, 1.54) is 38.5 Å². The zero-order chi connectivity index (χ0) is 13.7. The van der Waals surface area contributed by atoms with E-state index >= 15 is 0 Å². The van der Waals surface area contributed by atoms with E-state index in [4.69, 9.17) is 0 Å². The average molecular weight is 287 g/mol. The first-order chi connectivity index (χ1) is 9.11. The van der Waals surface area contributed by atoms with E-state index in [9.17, 15) is 8.42 Å². The molecule has 112 valence electrons. The molecule has 2 rings (SSSR count). The Morgan fingerprint density at radius 2 is 1.68 bits per heavy atom. The Morgan fingerprint density at radius 3 is 2.32 bits per heavy atom. The van der Waals surface area contributed by atoms with Crippen molar-refractivity contribution in [1.29, 1.82) is 0 Å². The Hall–Kier alpha value is -0.0900. The van der Waals surface area contributed by atoms with Gasteiger partial charge in [-0.25, -0.2) is 8.42 Å². The van der Waals surface area contributed by atoms with Crippen LogP contribution in [0, 0.1) is 11.8 Å². The van der Waals surface area contributed by atoms with Gasteiger partial charge in [0.15, 0.2) is 0 Å². The Morgan fingerprint density at radius 1 is 1.00 bits per heavy atom. The van der Waals surface area contributed by atoms with Crippen LogP contribution in [-0.2, 0) is 9.84 Å². The van der Waals surface area contributed by atoms with Crippen LogP contribution in [0.25, 0.3) is 0 Å². The van der Waals surface area contributed by atoms with Crippen molar-refractivity contribution < 1.29 is 8.42 Å². The summed E-state index contributed by atoms with van der Waals surface area (Å²) < 4.78 is 23.7. The van der Waals surface area contributed by atoms with Crippen LogP contribution in [0.5, 0.6) is 0 Å². The molecule has 0 saturated heterocycles. The minimum absolute atomic E-state index is 0.366. The SMILES string of the molecule is CCCS(=O)(=O)CCC1CCCCC1CNC1CC1. The van der Waals surface area contributed by atoms with Crippen molar-refractivity contribution in [1.82, 2.24) is 5.32 Å². The van der Waals surface area contributed by atoms with Crippen LogP contribution >= 0.6 is 0 Å². The van der Waals surface area contributed by atoms with Gasteiger partial charge in [-0.1, -0.05) is 26.2 Å². The summed E-state index contributed by atoms with van der Waals surface area (Å²) in [7, 11) is -2.79. The predicted octanol–water partition coefficient (Wildman–Crippen LogP) is 2.76. The molecule has 0 radical (unpaired) electrons. The molecule has 2 fully saturated rings. The van der Waals surface area contributed by atoms with Gasteiger partial charge in [0.2, 0.25) is 0 Å². The lowest BCUT2D eigenvalue weighted by Crippen LogP contribution is -2.32. The van der Waals surface area contributed by atoms with Crippen molar-refractivity contribution in [3.8, 4) is 0 Å². The lowest BCUT2D eigenvalue weighted by atomic mass is 9.78. The molecule has 2 saturated carbocycles. The highest BCUT2D eigenvalue weighted by Crippen LogP contribution is 2.33. The molecule has 4 heteroatoms. The third-order valence-corrected chi connectivity index (χ3v) is 6.52. The van der Waals surface area contributed by atoms with Crippen LogP contribution in [-0.4, -0.2) is 32.5 Å². The number of rotatable bonds is 8. The highest BCUT2D eigenvalue weighted by molar-refractivity contribution is 7.91. The molecule has 0 aromatic rings. The van der Waals surface area contributed by atoms with Crippen LogP contribution in [0.1, 0.15) is 58.3 Å². The van der Waals surface area contributed by atoms with Gasteiger partial charge in [-0.05, 0) is 50.5 Å². The molecule has 19 heavy (non-hydrogen) atoms. The third kappa shape index (κ3) is 5.42.